The third kappa shape index (κ3) is 4.40. The highest BCUT2D eigenvalue weighted by atomic mass is 16.5. The van der Waals surface area contributed by atoms with Gasteiger partial charge in [0, 0.05) is 19.1 Å². The normalized spacial score (nSPS) is 19.1. The van der Waals surface area contributed by atoms with Gasteiger partial charge in [0.25, 0.3) is 0 Å². The van der Waals surface area contributed by atoms with E-state index < -0.39 is 0 Å². The molecule has 2 heterocycles. The molecule has 0 aliphatic carbocycles. The molecule has 154 valence electrons. The number of amides is 1. The zero-order valence-corrected chi connectivity index (χ0v) is 17.4. The molecule has 5 heteroatoms. The van der Waals surface area contributed by atoms with Crippen LogP contribution in [0.2, 0.25) is 0 Å². The SMILES string of the molecule is COc1cc2c(cc1OC)CN(C(=O)CN1CCCC1Cc1ccccc1)CC2. The molecule has 1 amide bonds. The fourth-order valence-corrected chi connectivity index (χ4v) is 4.59. The summed E-state index contributed by atoms with van der Waals surface area (Å²) >= 11 is 0. The van der Waals surface area contributed by atoms with Gasteiger partial charge in [0.1, 0.15) is 0 Å². The van der Waals surface area contributed by atoms with Crippen molar-refractivity contribution in [2.45, 2.75) is 38.3 Å². The Morgan fingerprint density at radius 1 is 1.03 bits per heavy atom. The number of carbonyl (C=O) groups is 1. The highest BCUT2D eigenvalue weighted by Gasteiger charge is 2.29. The van der Waals surface area contributed by atoms with E-state index in [0.717, 1.165) is 43.0 Å². The lowest BCUT2D eigenvalue weighted by Crippen LogP contribution is -2.44. The van der Waals surface area contributed by atoms with E-state index >= 15 is 0 Å². The van der Waals surface area contributed by atoms with Crippen LogP contribution in [0.1, 0.15) is 29.5 Å². The van der Waals surface area contributed by atoms with Crippen molar-refractivity contribution in [3.05, 3.63) is 59.2 Å². The maximum atomic E-state index is 13.1. The molecule has 0 bridgehead atoms. The van der Waals surface area contributed by atoms with Gasteiger partial charge in [0.05, 0.1) is 20.8 Å². The Balaban J connectivity index is 1.40. The summed E-state index contributed by atoms with van der Waals surface area (Å²) in [5.74, 6) is 1.71. The van der Waals surface area contributed by atoms with E-state index in [1.165, 1.54) is 24.0 Å². The Morgan fingerprint density at radius 3 is 2.48 bits per heavy atom. The van der Waals surface area contributed by atoms with E-state index in [1.807, 2.05) is 17.0 Å². The van der Waals surface area contributed by atoms with E-state index in [0.29, 0.717) is 19.1 Å². The van der Waals surface area contributed by atoms with Gasteiger partial charge in [-0.05, 0) is 61.1 Å². The lowest BCUT2D eigenvalue weighted by molar-refractivity contribution is -0.133. The third-order valence-corrected chi connectivity index (χ3v) is 6.22. The van der Waals surface area contributed by atoms with Gasteiger partial charge >= 0.3 is 0 Å². The molecule has 2 aromatic rings. The second-order valence-electron chi connectivity index (χ2n) is 8.00. The van der Waals surface area contributed by atoms with Crippen LogP contribution in [-0.2, 0) is 24.2 Å². The van der Waals surface area contributed by atoms with Crippen LogP contribution in [0.15, 0.2) is 42.5 Å². The molecule has 1 saturated heterocycles. The molecule has 1 fully saturated rings. The minimum Gasteiger partial charge on any atom is -0.493 e. The van der Waals surface area contributed by atoms with E-state index in [2.05, 4.69) is 35.2 Å². The minimum absolute atomic E-state index is 0.227. The molecule has 2 aliphatic heterocycles. The number of hydrogen-bond acceptors (Lipinski definition) is 4. The number of likely N-dealkylation sites (tertiary alicyclic amines) is 1. The van der Waals surface area contributed by atoms with Gasteiger partial charge in [-0.1, -0.05) is 30.3 Å². The highest BCUT2D eigenvalue weighted by molar-refractivity contribution is 5.78. The molecule has 1 atom stereocenters. The molecular formula is C24H30N2O3. The van der Waals surface area contributed by atoms with Crippen molar-refractivity contribution in [3.8, 4) is 11.5 Å². The van der Waals surface area contributed by atoms with Gasteiger partial charge in [-0.25, -0.2) is 0 Å². The van der Waals surface area contributed by atoms with Crippen LogP contribution >= 0.6 is 0 Å². The molecule has 1 unspecified atom stereocenters. The van der Waals surface area contributed by atoms with Crippen molar-refractivity contribution in [3.63, 3.8) is 0 Å². The average molecular weight is 395 g/mol. The van der Waals surface area contributed by atoms with E-state index in [9.17, 15) is 4.79 Å². The smallest absolute Gasteiger partial charge is 0.237 e. The van der Waals surface area contributed by atoms with Crippen LogP contribution in [0.3, 0.4) is 0 Å². The molecule has 0 spiro atoms. The van der Waals surface area contributed by atoms with Crippen molar-refractivity contribution >= 4 is 5.91 Å². The summed E-state index contributed by atoms with van der Waals surface area (Å²) in [5, 5.41) is 0. The maximum Gasteiger partial charge on any atom is 0.237 e. The minimum atomic E-state index is 0.227. The molecule has 0 N–H and O–H groups in total. The molecule has 0 saturated carbocycles. The maximum absolute atomic E-state index is 13.1. The van der Waals surface area contributed by atoms with Gasteiger partial charge in [-0.3, -0.25) is 9.69 Å². The predicted molar refractivity (Wildman–Crippen MR) is 113 cm³/mol. The van der Waals surface area contributed by atoms with Crippen LogP contribution in [0.4, 0.5) is 0 Å². The van der Waals surface area contributed by atoms with Crippen LogP contribution in [0.25, 0.3) is 0 Å². The summed E-state index contributed by atoms with van der Waals surface area (Å²) in [5.41, 5.74) is 3.75. The molecule has 4 rings (SSSR count). The summed E-state index contributed by atoms with van der Waals surface area (Å²) in [6, 6.07) is 15.1. The fourth-order valence-electron chi connectivity index (χ4n) is 4.59. The Kier molecular flexibility index (Phi) is 6.05. The number of carbonyl (C=O) groups excluding carboxylic acids is 1. The van der Waals surface area contributed by atoms with Crippen LogP contribution < -0.4 is 9.47 Å². The second-order valence-corrected chi connectivity index (χ2v) is 8.00. The van der Waals surface area contributed by atoms with Crippen LogP contribution in [0, 0.1) is 0 Å². The van der Waals surface area contributed by atoms with Gasteiger partial charge in [-0.15, -0.1) is 0 Å². The predicted octanol–water partition coefficient (Wildman–Crippen LogP) is 3.30. The Hall–Kier alpha value is -2.53. The average Bonchev–Trinajstić information content (AvgIpc) is 3.19. The van der Waals surface area contributed by atoms with Gasteiger partial charge in [0.15, 0.2) is 11.5 Å². The van der Waals surface area contributed by atoms with Crippen molar-refractivity contribution in [2.24, 2.45) is 0 Å². The first-order valence-corrected chi connectivity index (χ1v) is 10.5. The number of fused-ring (bicyclic) bond motifs is 1. The van der Waals surface area contributed by atoms with E-state index in [1.54, 1.807) is 14.2 Å². The topological polar surface area (TPSA) is 42.0 Å². The monoisotopic (exact) mass is 394 g/mol. The second kappa shape index (κ2) is 8.87. The summed E-state index contributed by atoms with van der Waals surface area (Å²) in [4.78, 5) is 17.4. The van der Waals surface area contributed by atoms with Gasteiger partial charge in [-0.2, -0.15) is 0 Å². The third-order valence-electron chi connectivity index (χ3n) is 6.22. The number of ether oxygens (including phenoxy) is 2. The lowest BCUT2D eigenvalue weighted by atomic mass is 9.98. The largest absolute Gasteiger partial charge is 0.493 e. The number of benzene rings is 2. The Bertz CT molecular complexity index is 853. The number of rotatable bonds is 6. The number of methoxy groups -OCH3 is 2. The molecular weight excluding hydrogens is 364 g/mol. The van der Waals surface area contributed by atoms with Crippen LogP contribution in [-0.4, -0.2) is 55.6 Å². The fraction of sp³-hybridized carbons (Fsp3) is 0.458. The molecule has 29 heavy (non-hydrogen) atoms. The van der Waals surface area contributed by atoms with E-state index in [-0.39, 0.29) is 5.91 Å². The van der Waals surface area contributed by atoms with Crippen molar-refractivity contribution in [1.82, 2.24) is 9.80 Å². The number of hydrogen-bond donors (Lipinski definition) is 0. The standard InChI is InChI=1S/C24H30N2O3/c1-28-22-14-19-10-12-26(16-20(19)15-23(22)29-2)24(27)17-25-11-6-9-21(25)13-18-7-4-3-5-8-18/h3-5,7-8,14-15,21H,6,9-13,16-17H2,1-2H3. The van der Waals surface area contributed by atoms with Crippen molar-refractivity contribution in [2.75, 3.05) is 33.9 Å². The Morgan fingerprint density at radius 2 is 1.76 bits per heavy atom. The quantitative estimate of drug-likeness (QED) is 0.754. The van der Waals surface area contributed by atoms with E-state index in [4.69, 9.17) is 9.47 Å². The zero-order chi connectivity index (χ0) is 20.2. The summed E-state index contributed by atoms with van der Waals surface area (Å²) in [6.45, 7) is 2.93. The highest BCUT2D eigenvalue weighted by Crippen LogP contribution is 2.33. The molecule has 0 radical (unpaired) electrons. The van der Waals surface area contributed by atoms with Gasteiger partial charge < -0.3 is 14.4 Å². The van der Waals surface area contributed by atoms with Gasteiger partial charge in [0.2, 0.25) is 5.91 Å². The number of nitrogens with zero attached hydrogens (tertiary/aromatic N) is 2. The van der Waals surface area contributed by atoms with Crippen molar-refractivity contribution in [1.29, 1.82) is 0 Å². The van der Waals surface area contributed by atoms with Crippen LogP contribution in [0.5, 0.6) is 11.5 Å². The first-order valence-electron chi connectivity index (χ1n) is 10.5. The molecule has 0 aromatic heterocycles. The van der Waals surface area contributed by atoms with Crippen molar-refractivity contribution < 1.29 is 14.3 Å². The first kappa shape index (κ1) is 19.8. The lowest BCUT2D eigenvalue weighted by Gasteiger charge is -2.32. The molecule has 2 aromatic carbocycles. The zero-order valence-electron chi connectivity index (χ0n) is 17.4. The summed E-state index contributed by atoms with van der Waals surface area (Å²) in [6.07, 6.45) is 4.22. The summed E-state index contributed by atoms with van der Waals surface area (Å²) < 4.78 is 10.9. The molecule has 2 aliphatic rings. The summed E-state index contributed by atoms with van der Waals surface area (Å²) in [7, 11) is 3.31. The first-order chi connectivity index (χ1) is 14.2. The Labute approximate surface area is 173 Å². The molecule has 5 nitrogen and oxygen atoms in total.